The summed E-state index contributed by atoms with van der Waals surface area (Å²) in [4.78, 5) is 14.1. The van der Waals surface area contributed by atoms with Crippen molar-refractivity contribution in [1.82, 2.24) is 10.2 Å². The molecule has 1 fully saturated rings. The Morgan fingerprint density at radius 1 is 1.24 bits per heavy atom. The van der Waals surface area contributed by atoms with E-state index in [1.807, 2.05) is 6.07 Å². The van der Waals surface area contributed by atoms with Crippen molar-refractivity contribution >= 4 is 5.91 Å². The van der Waals surface area contributed by atoms with E-state index in [9.17, 15) is 4.79 Å². The summed E-state index contributed by atoms with van der Waals surface area (Å²) in [5.74, 6) is 0.796. The Balaban J connectivity index is 1.56. The molecule has 1 aliphatic heterocycles. The summed E-state index contributed by atoms with van der Waals surface area (Å²) >= 11 is 0. The molecule has 1 aliphatic rings. The van der Waals surface area contributed by atoms with Gasteiger partial charge in [0.15, 0.2) is 0 Å². The molecular formula is C17H27N3O. The molecule has 1 heterocycles. The van der Waals surface area contributed by atoms with E-state index in [0.717, 1.165) is 51.9 Å². The number of nitrogens with zero attached hydrogens (tertiary/aromatic N) is 1. The van der Waals surface area contributed by atoms with Crippen LogP contribution in [0.2, 0.25) is 0 Å². The lowest BCUT2D eigenvalue weighted by Crippen LogP contribution is -2.42. The third-order valence-corrected chi connectivity index (χ3v) is 4.21. The van der Waals surface area contributed by atoms with E-state index in [-0.39, 0.29) is 5.91 Å². The number of hydrogen-bond donors (Lipinski definition) is 2. The molecule has 0 aromatic heterocycles. The molecule has 0 unspecified atom stereocenters. The molecule has 0 atom stereocenters. The first-order valence-electron chi connectivity index (χ1n) is 8.01. The molecule has 0 aliphatic carbocycles. The van der Waals surface area contributed by atoms with E-state index in [1.54, 1.807) is 0 Å². The van der Waals surface area contributed by atoms with Crippen LogP contribution in [0.25, 0.3) is 0 Å². The minimum absolute atomic E-state index is 0.147. The van der Waals surface area contributed by atoms with Gasteiger partial charge in [0.05, 0.1) is 6.54 Å². The fraction of sp³-hybridized carbons (Fsp3) is 0.588. The molecule has 0 bridgehead atoms. The number of carbonyl (C=O) groups excluding carboxylic acids is 1. The number of piperidine rings is 1. The number of nitrogens with one attached hydrogen (secondary N) is 1. The normalized spacial score (nSPS) is 16.8. The van der Waals surface area contributed by atoms with Gasteiger partial charge in [-0.15, -0.1) is 0 Å². The molecule has 116 valence electrons. The van der Waals surface area contributed by atoms with E-state index in [0.29, 0.717) is 12.5 Å². The van der Waals surface area contributed by atoms with E-state index >= 15 is 0 Å². The lowest BCUT2D eigenvalue weighted by Gasteiger charge is -2.30. The average Bonchev–Trinajstić information content (AvgIpc) is 2.53. The van der Waals surface area contributed by atoms with Crippen LogP contribution < -0.4 is 11.1 Å². The summed E-state index contributed by atoms with van der Waals surface area (Å²) in [5, 5.41) is 3.02. The fourth-order valence-corrected chi connectivity index (χ4v) is 2.80. The predicted octanol–water partition coefficient (Wildman–Crippen LogP) is 1.41. The number of carbonyl (C=O) groups is 1. The summed E-state index contributed by atoms with van der Waals surface area (Å²) in [6, 6.07) is 10.4. The van der Waals surface area contributed by atoms with Crippen LogP contribution >= 0.6 is 0 Å². The fourth-order valence-electron chi connectivity index (χ4n) is 2.80. The maximum absolute atomic E-state index is 11.9. The largest absolute Gasteiger partial charge is 0.355 e. The van der Waals surface area contributed by atoms with Crippen LogP contribution in [0.3, 0.4) is 0 Å². The molecule has 21 heavy (non-hydrogen) atoms. The van der Waals surface area contributed by atoms with Gasteiger partial charge < -0.3 is 11.1 Å². The molecule has 4 heteroatoms. The molecule has 1 aromatic carbocycles. The third kappa shape index (κ3) is 5.86. The van der Waals surface area contributed by atoms with Gasteiger partial charge in [-0.3, -0.25) is 9.69 Å². The molecular weight excluding hydrogens is 262 g/mol. The van der Waals surface area contributed by atoms with E-state index in [4.69, 9.17) is 5.73 Å². The van der Waals surface area contributed by atoms with Gasteiger partial charge in [-0.25, -0.2) is 0 Å². The number of rotatable bonds is 7. The first kappa shape index (κ1) is 16.0. The highest BCUT2D eigenvalue weighted by atomic mass is 16.2. The summed E-state index contributed by atoms with van der Waals surface area (Å²) in [5.41, 5.74) is 7.01. The zero-order valence-corrected chi connectivity index (χ0v) is 12.8. The first-order valence-corrected chi connectivity index (χ1v) is 8.01. The van der Waals surface area contributed by atoms with Gasteiger partial charge in [-0.1, -0.05) is 30.3 Å². The molecule has 3 N–H and O–H groups in total. The Kier molecular flexibility index (Phi) is 6.70. The van der Waals surface area contributed by atoms with Crippen molar-refractivity contribution in [2.45, 2.75) is 25.7 Å². The van der Waals surface area contributed by atoms with Gasteiger partial charge in [0, 0.05) is 6.54 Å². The van der Waals surface area contributed by atoms with Crippen molar-refractivity contribution in [1.29, 1.82) is 0 Å². The Labute approximate surface area is 127 Å². The van der Waals surface area contributed by atoms with Gasteiger partial charge in [0.25, 0.3) is 0 Å². The van der Waals surface area contributed by atoms with Crippen LogP contribution in [-0.2, 0) is 11.2 Å². The first-order chi connectivity index (χ1) is 10.3. The number of nitrogens with two attached hydrogens (primary N) is 1. The second-order valence-electron chi connectivity index (χ2n) is 5.89. The van der Waals surface area contributed by atoms with Gasteiger partial charge in [-0.05, 0) is 56.8 Å². The van der Waals surface area contributed by atoms with Crippen LogP contribution in [-0.4, -0.2) is 43.5 Å². The maximum atomic E-state index is 11.9. The van der Waals surface area contributed by atoms with Crippen molar-refractivity contribution in [3.05, 3.63) is 35.9 Å². The summed E-state index contributed by atoms with van der Waals surface area (Å²) in [7, 11) is 0. The van der Waals surface area contributed by atoms with E-state index in [2.05, 4.69) is 34.5 Å². The van der Waals surface area contributed by atoms with Crippen molar-refractivity contribution in [3.63, 3.8) is 0 Å². The van der Waals surface area contributed by atoms with Crippen LogP contribution in [0, 0.1) is 5.92 Å². The van der Waals surface area contributed by atoms with Gasteiger partial charge in [0.1, 0.15) is 0 Å². The van der Waals surface area contributed by atoms with Crippen LogP contribution in [0.5, 0.6) is 0 Å². The number of amides is 1. The highest BCUT2D eigenvalue weighted by molar-refractivity contribution is 5.77. The Bertz CT molecular complexity index is 413. The topological polar surface area (TPSA) is 58.4 Å². The molecule has 0 saturated carbocycles. The molecule has 2 rings (SSSR count). The van der Waals surface area contributed by atoms with Crippen LogP contribution in [0.15, 0.2) is 30.3 Å². The second kappa shape index (κ2) is 8.80. The Morgan fingerprint density at radius 2 is 1.95 bits per heavy atom. The van der Waals surface area contributed by atoms with Crippen LogP contribution in [0.1, 0.15) is 24.8 Å². The third-order valence-electron chi connectivity index (χ3n) is 4.21. The average molecular weight is 289 g/mol. The Morgan fingerprint density at radius 3 is 2.62 bits per heavy atom. The summed E-state index contributed by atoms with van der Waals surface area (Å²) in [6.45, 7) is 4.06. The monoisotopic (exact) mass is 289 g/mol. The molecule has 0 radical (unpaired) electrons. The quantitative estimate of drug-likeness (QED) is 0.746. The zero-order valence-electron chi connectivity index (χ0n) is 12.8. The van der Waals surface area contributed by atoms with E-state index < -0.39 is 0 Å². The van der Waals surface area contributed by atoms with E-state index in [1.165, 1.54) is 5.56 Å². The number of benzene rings is 1. The minimum atomic E-state index is 0.147. The number of hydrogen-bond acceptors (Lipinski definition) is 3. The molecule has 1 saturated heterocycles. The maximum Gasteiger partial charge on any atom is 0.234 e. The highest BCUT2D eigenvalue weighted by Gasteiger charge is 2.19. The standard InChI is InChI=1S/C17H27N3O/c18-13-16-8-11-20(12-9-16)14-17(21)19-10-4-7-15-5-2-1-3-6-15/h1-3,5-6,16H,4,7-14,18H2,(H,19,21). The zero-order chi connectivity index (χ0) is 14.9. The molecule has 0 spiro atoms. The lowest BCUT2D eigenvalue weighted by atomic mass is 9.97. The molecule has 1 aromatic rings. The van der Waals surface area contributed by atoms with Crippen molar-refractivity contribution in [2.24, 2.45) is 11.7 Å². The molecule has 1 amide bonds. The summed E-state index contributed by atoms with van der Waals surface area (Å²) < 4.78 is 0. The minimum Gasteiger partial charge on any atom is -0.355 e. The number of aryl methyl sites for hydroxylation is 1. The lowest BCUT2D eigenvalue weighted by molar-refractivity contribution is -0.122. The second-order valence-corrected chi connectivity index (χ2v) is 5.89. The SMILES string of the molecule is NCC1CCN(CC(=O)NCCCc2ccccc2)CC1. The van der Waals surface area contributed by atoms with Gasteiger partial charge in [0.2, 0.25) is 5.91 Å². The van der Waals surface area contributed by atoms with Crippen molar-refractivity contribution in [3.8, 4) is 0 Å². The highest BCUT2D eigenvalue weighted by Crippen LogP contribution is 2.15. The van der Waals surface area contributed by atoms with Crippen molar-refractivity contribution < 1.29 is 4.79 Å². The van der Waals surface area contributed by atoms with Gasteiger partial charge in [-0.2, -0.15) is 0 Å². The number of likely N-dealkylation sites (tertiary alicyclic amines) is 1. The smallest absolute Gasteiger partial charge is 0.234 e. The van der Waals surface area contributed by atoms with Crippen molar-refractivity contribution in [2.75, 3.05) is 32.7 Å². The van der Waals surface area contributed by atoms with Gasteiger partial charge >= 0.3 is 0 Å². The molecule has 4 nitrogen and oxygen atoms in total. The Hall–Kier alpha value is -1.39. The summed E-state index contributed by atoms with van der Waals surface area (Å²) in [6.07, 6.45) is 4.25. The predicted molar refractivity (Wildman–Crippen MR) is 86.0 cm³/mol. The van der Waals surface area contributed by atoms with Crippen LogP contribution in [0.4, 0.5) is 0 Å².